The molecule has 8 aromatic carbocycles. The van der Waals surface area contributed by atoms with Gasteiger partial charge in [-0.05, 0) is 75.7 Å². The summed E-state index contributed by atoms with van der Waals surface area (Å²) in [4.78, 5) is 10.5. The molecular weight excluding hydrogens is 966 g/mol. The molecular formula is C58H42N3O2Pt-. The molecule has 0 aliphatic rings. The number of aromatic nitrogens is 3. The van der Waals surface area contributed by atoms with E-state index in [0.717, 1.165) is 94.4 Å². The van der Waals surface area contributed by atoms with Gasteiger partial charge in [0.05, 0.1) is 16.7 Å². The van der Waals surface area contributed by atoms with Gasteiger partial charge in [0, 0.05) is 49.3 Å². The van der Waals surface area contributed by atoms with E-state index in [0.29, 0.717) is 17.0 Å². The standard InChI is InChI=1S/C58H42N3O2.Pt/c1-58(2,3)44-33-42(32-43(34-44)49-35-41(30-31-59-49)38-18-9-5-10-19-38)46-23-15-25-51-55(46)60-57(61(51)50-24-14-13-22-45(50)39-20-11-6-12-21-39)54-52(62)29-28-48-47-27-26-40(36-53(47)63-56(48)54)37-16-7-4-8-17-37;/h4-31,33-36,62H,1-3H3;/q-1;. The number of aromatic hydroxyl groups is 1. The van der Waals surface area contributed by atoms with Gasteiger partial charge in [0.1, 0.15) is 22.5 Å². The van der Waals surface area contributed by atoms with Crippen LogP contribution in [0.4, 0.5) is 0 Å². The quantitative estimate of drug-likeness (QED) is 0.162. The normalized spacial score (nSPS) is 11.6. The first kappa shape index (κ1) is 40.7. The second-order valence-electron chi connectivity index (χ2n) is 17.1. The van der Waals surface area contributed by atoms with Crippen molar-refractivity contribution in [3.05, 3.63) is 206 Å². The minimum absolute atomic E-state index is 0. The van der Waals surface area contributed by atoms with E-state index in [1.165, 1.54) is 0 Å². The maximum Gasteiger partial charge on any atom is 0.152 e. The predicted octanol–water partition coefficient (Wildman–Crippen LogP) is 15.1. The summed E-state index contributed by atoms with van der Waals surface area (Å²) >= 11 is 0. The van der Waals surface area contributed by atoms with Gasteiger partial charge in [0.15, 0.2) is 5.82 Å². The number of rotatable bonds is 7. The summed E-state index contributed by atoms with van der Waals surface area (Å²) in [7, 11) is 0. The Hall–Kier alpha value is -7.33. The maximum absolute atomic E-state index is 12.1. The minimum Gasteiger partial charge on any atom is -0.507 e. The van der Waals surface area contributed by atoms with Crippen LogP contribution >= 0.6 is 0 Å². The first-order chi connectivity index (χ1) is 30.8. The summed E-state index contributed by atoms with van der Waals surface area (Å²) in [6.45, 7) is 6.70. The van der Waals surface area contributed by atoms with Crippen molar-refractivity contribution in [1.82, 2.24) is 14.5 Å². The second kappa shape index (κ2) is 16.4. The van der Waals surface area contributed by atoms with Crippen LogP contribution in [0.15, 0.2) is 199 Å². The first-order valence-electron chi connectivity index (χ1n) is 21.3. The van der Waals surface area contributed by atoms with E-state index in [-0.39, 0.29) is 32.2 Å². The number of phenols is 1. The molecule has 1 N–H and O–H groups in total. The van der Waals surface area contributed by atoms with Crippen LogP contribution in [0.5, 0.6) is 5.75 Å². The van der Waals surface area contributed by atoms with Gasteiger partial charge in [0.25, 0.3) is 0 Å². The first-order valence-corrected chi connectivity index (χ1v) is 21.3. The maximum atomic E-state index is 12.1. The van der Waals surface area contributed by atoms with E-state index >= 15 is 0 Å². The Balaban J connectivity index is 0.00000484. The number of benzene rings is 8. The van der Waals surface area contributed by atoms with Crippen molar-refractivity contribution in [2.24, 2.45) is 0 Å². The van der Waals surface area contributed by atoms with E-state index in [2.05, 4.69) is 177 Å². The molecule has 0 saturated carbocycles. The third-order valence-electron chi connectivity index (χ3n) is 12.0. The number of furan rings is 1. The zero-order valence-electron chi connectivity index (χ0n) is 35.5. The van der Waals surface area contributed by atoms with Gasteiger partial charge >= 0.3 is 0 Å². The molecule has 5 nitrogen and oxygen atoms in total. The molecule has 6 heteroatoms. The minimum atomic E-state index is -0.175. The van der Waals surface area contributed by atoms with Crippen molar-refractivity contribution in [2.45, 2.75) is 26.2 Å². The summed E-state index contributed by atoms with van der Waals surface area (Å²) in [6.07, 6.45) is 1.88. The van der Waals surface area contributed by atoms with Gasteiger partial charge in [-0.1, -0.05) is 165 Å². The second-order valence-corrected chi connectivity index (χ2v) is 17.1. The Morgan fingerprint density at radius 3 is 1.91 bits per heavy atom. The largest absolute Gasteiger partial charge is 0.507 e. The number of para-hydroxylation sites is 2. The van der Waals surface area contributed by atoms with E-state index in [1.54, 1.807) is 6.07 Å². The summed E-state index contributed by atoms with van der Waals surface area (Å²) in [5, 5.41) is 13.9. The Bertz CT molecular complexity index is 3500. The Morgan fingerprint density at radius 2 is 1.19 bits per heavy atom. The zero-order chi connectivity index (χ0) is 42.7. The van der Waals surface area contributed by atoms with Crippen molar-refractivity contribution < 1.29 is 30.6 Å². The topological polar surface area (TPSA) is 64.1 Å². The molecule has 3 heterocycles. The van der Waals surface area contributed by atoms with Gasteiger partial charge in [-0.15, -0.1) is 29.3 Å². The average Bonchev–Trinajstić information content (AvgIpc) is 3.90. The van der Waals surface area contributed by atoms with Crippen molar-refractivity contribution in [3.63, 3.8) is 0 Å². The predicted molar refractivity (Wildman–Crippen MR) is 258 cm³/mol. The SMILES string of the molecule is CC(C)(C)c1cc(-c2cc(-c3ccccc3)ccn2)[c-]c(-c2cccc3c2nc(-c2c(O)ccc4c2oc2cc(-c5ccccc5)ccc24)n3-c2ccccc2-c2ccccc2)c1.[Pt]. The number of hydrogen-bond donors (Lipinski definition) is 1. The molecule has 0 saturated heterocycles. The van der Waals surface area contributed by atoms with Crippen LogP contribution in [0, 0.1) is 6.07 Å². The number of nitrogens with zero attached hydrogens (tertiary/aromatic N) is 3. The molecule has 312 valence electrons. The smallest absolute Gasteiger partial charge is 0.152 e. The fourth-order valence-electron chi connectivity index (χ4n) is 8.79. The molecule has 0 bridgehead atoms. The van der Waals surface area contributed by atoms with Crippen LogP contribution < -0.4 is 0 Å². The molecule has 0 spiro atoms. The summed E-state index contributed by atoms with van der Waals surface area (Å²) < 4.78 is 9.01. The third kappa shape index (κ3) is 7.22. The summed E-state index contributed by atoms with van der Waals surface area (Å²) in [6, 6.07) is 68.2. The van der Waals surface area contributed by atoms with Crippen molar-refractivity contribution in [2.75, 3.05) is 0 Å². The summed E-state index contributed by atoms with van der Waals surface area (Å²) in [5.41, 5.74) is 15.4. The van der Waals surface area contributed by atoms with Crippen LogP contribution in [0.2, 0.25) is 0 Å². The fraction of sp³-hybridized carbons (Fsp3) is 0.0690. The summed E-state index contributed by atoms with van der Waals surface area (Å²) in [5.74, 6) is 0.642. The Kier molecular flexibility index (Phi) is 10.4. The van der Waals surface area contributed by atoms with Crippen LogP contribution in [0.25, 0.3) is 106 Å². The molecule has 0 radical (unpaired) electrons. The van der Waals surface area contributed by atoms with E-state index < -0.39 is 0 Å². The van der Waals surface area contributed by atoms with Crippen LogP contribution in [0.1, 0.15) is 26.3 Å². The van der Waals surface area contributed by atoms with E-state index in [4.69, 9.17) is 14.4 Å². The van der Waals surface area contributed by atoms with Crippen molar-refractivity contribution in [3.8, 4) is 78.6 Å². The van der Waals surface area contributed by atoms with Gasteiger partial charge in [-0.2, -0.15) is 0 Å². The van der Waals surface area contributed by atoms with Crippen molar-refractivity contribution in [1.29, 1.82) is 0 Å². The van der Waals surface area contributed by atoms with Gasteiger partial charge in [-0.25, -0.2) is 4.98 Å². The van der Waals surface area contributed by atoms with E-state index in [9.17, 15) is 5.11 Å². The van der Waals surface area contributed by atoms with Gasteiger partial charge < -0.3 is 9.52 Å². The number of imidazole rings is 1. The van der Waals surface area contributed by atoms with Crippen LogP contribution in [-0.2, 0) is 26.5 Å². The number of phenolic OH excluding ortho intramolecular Hbond substituents is 1. The third-order valence-corrected chi connectivity index (χ3v) is 12.0. The van der Waals surface area contributed by atoms with E-state index in [1.807, 2.05) is 42.6 Å². The molecule has 11 aromatic rings. The number of pyridine rings is 1. The van der Waals surface area contributed by atoms with Gasteiger partial charge in [-0.3, -0.25) is 9.55 Å². The Morgan fingerprint density at radius 1 is 0.562 bits per heavy atom. The fourth-order valence-corrected chi connectivity index (χ4v) is 8.79. The number of hydrogen-bond acceptors (Lipinski definition) is 4. The van der Waals surface area contributed by atoms with Crippen molar-refractivity contribution >= 4 is 33.0 Å². The average molecular weight is 1010 g/mol. The van der Waals surface area contributed by atoms with Gasteiger partial charge in [0.2, 0.25) is 0 Å². The Labute approximate surface area is 386 Å². The van der Waals surface area contributed by atoms with Crippen LogP contribution in [0.3, 0.4) is 0 Å². The molecule has 0 fully saturated rings. The molecule has 64 heavy (non-hydrogen) atoms. The monoisotopic (exact) mass is 1010 g/mol. The molecule has 0 unspecified atom stereocenters. The molecule has 0 amide bonds. The molecule has 11 rings (SSSR count). The molecule has 3 aromatic heterocycles. The molecule has 0 aliphatic carbocycles. The molecule has 0 aliphatic heterocycles. The zero-order valence-corrected chi connectivity index (χ0v) is 37.8. The number of fused-ring (bicyclic) bond motifs is 4. The van der Waals surface area contributed by atoms with Crippen LogP contribution in [-0.4, -0.2) is 19.6 Å². The molecule has 0 atom stereocenters.